The Bertz CT molecular complexity index is 893. The first kappa shape index (κ1) is 15.3. The van der Waals surface area contributed by atoms with Crippen molar-refractivity contribution in [1.29, 1.82) is 0 Å². The zero-order valence-corrected chi connectivity index (χ0v) is 14.7. The maximum absolute atomic E-state index is 12.9. The zero-order chi connectivity index (χ0) is 16.7. The number of hydrogen-bond donors (Lipinski definition) is 0. The lowest BCUT2D eigenvalue weighted by molar-refractivity contribution is 0.0728. The van der Waals surface area contributed by atoms with E-state index in [9.17, 15) is 4.79 Å². The first-order chi connectivity index (χ1) is 11.6. The molecule has 0 aromatic carbocycles. The van der Waals surface area contributed by atoms with Crippen LogP contribution in [0, 0.1) is 13.8 Å². The smallest absolute Gasteiger partial charge is 0.264 e. The predicted octanol–water partition coefficient (Wildman–Crippen LogP) is 4.19. The van der Waals surface area contributed by atoms with Crippen molar-refractivity contribution < 1.29 is 9.21 Å². The molecule has 3 aromatic rings. The Labute approximate surface area is 144 Å². The minimum Gasteiger partial charge on any atom is -0.461 e. The topological polar surface area (TPSA) is 59.2 Å². The highest BCUT2D eigenvalue weighted by Gasteiger charge is 2.24. The summed E-state index contributed by atoms with van der Waals surface area (Å²) >= 11 is 1.47. The van der Waals surface area contributed by atoms with Crippen LogP contribution in [-0.4, -0.2) is 33.9 Å². The molecule has 6 heteroatoms. The molecular weight excluding hydrogens is 322 g/mol. The Kier molecular flexibility index (Phi) is 3.84. The van der Waals surface area contributed by atoms with Gasteiger partial charge in [0.25, 0.3) is 5.91 Å². The lowest BCUT2D eigenvalue weighted by Gasteiger charge is -2.26. The summed E-state index contributed by atoms with van der Waals surface area (Å²) in [5, 5.41) is 0.996. The summed E-state index contributed by atoms with van der Waals surface area (Å²) in [6, 6.07) is 3.67. The van der Waals surface area contributed by atoms with Crippen molar-refractivity contribution in [3.05, 3.63) is 34.5 Å². The van der Waals surface area contributed by atoms with Gasteiger partial charge in [-0.05, 0) is 50.8 Å². The Balaban J connectivity index is 1.79. The molecule has 1 aliphatic heterocycles. The summed E-state index contributed by atoms with van der Waals surface area (Å²) in [5.74, 6) is 1.35. The number of amides is 1. The van der Waals surface area contributed by atoms with Gasteiger partial charge in [-0.2, -0.15) is 0 Å². The molecule has 3 aromatic heterocycles. The van der Waals surface area contributed by atoms with Crippen LogP contribution in [0.1, 0.15) is 40.2 Å². The minimum atomic E-state index is 0.133. The summed E-state index contributed by atoms with van der Waals surface area (Å²) in [4.78, 5) is 25.7. The Hall–Kier alpha value is -2.21. The fraction of sp³-hybridized carbons (Fsp3) is 0.389. The van der Waals surface area contributed by atoms with Crippen molar-refractivity contribution in [3.63, 3.8) is 0 Å². The quantitative estimate of drug-likeness (QED) is 0.701. The highest BCUT2D eigenvalue weighted by atomic mass is 32.1. The van der Waals surface area contributed by atoms with Crippen LogP contribution in [0.2, 0.25) is 0 Å². The van der Waals surface area contributed by atoms with Crippen molar-refractivity contribution in [3.8, 4) is 11.6 Å². The largest absolute Gasteiger partial charge is 0.461 e. The molecule has 1 aliphatic rings. The van der Waals surface area contributed by atoms with Gasteiger partial charge in [-0.3, -0.25) is 4.79 Å². The van der Waals surface area contributed by atoms with Gasteiger partial charge in [0.15, 0.2) is 11.6 Å². The van der Waals surface area contributed by atoms with Crippen LogP contribution in [0.5, 0.6) is 0 Å². The maximum atomic E-state index is 12.9. The molecule has 1 saturated heterocycles. The Morgan fingerprint density at radius 3 is 2.71 bits per heavy atom. The Morgan fingerprint density at radius 2 is 2.00 bits per heavy atom. The number of carbonyl (C=O) groups is 1. The van der Waals surface area contributed by atoms with Crippen molar-refractivity contribution in [2.45, 2.75) is 33.1 Å². The average molecular weight is 341 g/mol. The van der Waals surface area contributed by atoms with E-state index < -0.39 is 0 Å². The first-order valence-corrected chi connectivity index (χ1v) is 9.07. The van der Waals surface area contributed by atoms with Gasteiger partial charge >= 0.3 is 0 Å². The molecule has 0 aliphatic carbocycles. The number of piperidine rings is 1. The van der Waals surface area contributed by atoms with Gasteiger partial charge in [0.2, 0.25) is 0 Å². The molecule has 4 heterocycles. The standard InChI is InChI=1S/C18H19N3O2S/c1-11-14-12(2)19-16(13-7-6-10-23-13)20-17(14)24-15(11)18(22)21-8-4-3-5-9-21/h6-7,10H,3-5,8-9H2,1-2H3. The first-order valence-electron chi connectivity index (χ1n) is 8.26. The predicted molar refractivity (Wildman–Crippen MR) is 94.3 cm³/mol. The van der Waals surface area contributed by atoms with Crippen LogP contribution in [0.25, 0.3) is 21.8 Å². The van der Waals surface area contributed by atoms with Gasteiger partial charge in [0, 0.05) is 18.5 Å². The molecule has 0 N–H and O–H groups in total. The van der Waals surface area contributed by atoms with Crippen LogP contribution in [0.15, 0.2) is 22.8 Å². The fourth-order valence-electron chi connectivity index (χ4n) is 3.30. The number of carbonyl (C=O) groups excluding carboxylic acids is 1. The third kappa shape index (κ3) is 2.51. The summed E-state index contributed by atoms with van der Waals surface area (Å²) in [6.45, 7) is 5.67. The lowest BCUT2D eigenvalue weighted by atomic mass is 10.1. The number of furan rings is 1. The van der Waals surface area contributed by atoms with E-state index >= 15 is 0 Å². The second-order valence-electron chi connectivity index (χ2n) is 6.20. The molecule has 0 atom stereocenters. The van der Waals surface area contributed by atoms with Gasteiger partial charge in [0.1, 0.15) is 4.83 Å². The summed E-state index contributed by atoms with van der Waals surface area (Å²) in [6.07, 6.45) is 5.02. The van der Waals surface area contributed by atoms with E-state index in [1.807, 2.05) is 30.9 Å². The van der Waals surface area contributed by atoms with Crippen molar-refractivity contribution in [2.24, 2.45) is 0 Å². The van der Waals surface area contributed by atoms with E-state index in [0.717, 1.165) is 52.3 Å². The van der Waals surface area contributed by atoms with Crippen LogP contribution in [0.4, 0.5) is 0 Å². The molecule has 0 saturated carbocycles. The molecule has 0 radical (unpaired) electrons. The van der Waals surface area contributed by atoms with E-state index in [1.54, 1.807) is 6.26 Å². The molecule has 0 spiro atoms. The molecule has 0 bridgehead atoms. The number of aryl methyl sites for hydroxylation is 2. The number of nitrogens with zero attached hydrogens (tertiary/aromatic N) is 3. The Morgan fingerprint density at radius 1 is 1.21 bits per heavy atom. The number of aromatic nitrogens is 2. The number of hydrogen-bond acceptors (Lipinski definition) is 5. The van der Waals surface area contributed by atoms with Crippen LogP contribution < -0.4 is 0 Å². The second-order valence-corrected chi connectivity index (χ2v) is 7.20. The highest BCUT2D eigenvalue weighted by molar-refractivity contribution is 7.20. The normalized spacial score (nSPS) is 15.2. The molecule has 1 amide bonds. The molecule has 24 heavy (non-hydrogen) atoms. The van der Waals surface area contributed by atoms with E-state index in [1.165, 1.54) is 17.8 Å². The number of fused-ring (bicyclic) bond motifs is 1. The van der Waals surface area contributed by atoms with Crippen LogP contribution in [0.3, 0.4) is 0 Å². The van der Waals surface area contributed by atoms with Gasteiger partial charge < -0.3 is 9.32 Å². The van der Waals surface area contributed by atoms with Crippen molar-refractivity contribution in [1.82, 2.24) is 14.9 Å². The van der Waals surface area contributed by atoms with Gasteiger partial charge in [-0.1, -0.05) is 0 Å². The fourth-order valence-corrected chi connectivity index (χ4v) is 4.50. The van der Waals surface area contributed by atoms with Gasteiger partial charge in [0.05, 0.1) is 16.8 Å². The SMILES string of the molecule is Cc1nc(-c2ccco2)nc2sc(C(=O)N3CCCCC3)c(C)c12. The van der Waals surface area contributed by atoms with Crippen molar-refractivity contribution >= 4 is 27.5 Å². The monoisotopic (exact) mass is 341 g/mol. The molecule has 0 unspecified atom stereocenters. The summed E-state index contributed by atoms with van der Waals surface area (Å²) in [5.41, 5.74) is 1.88. The van der Waals surface area contributed by atoms with E-state index in [4.69, 9.17) is 4.42 Å². The number of rotatable bonds is 2. The molecule has 4 rings (SSSR count). The molecule has 1 fully saturated rings. The third-order valence-corrected chi connectivity index (χ3v) is 5.72. The number of likely N-dealkylation sites (tertiary alicyclic amines) is 1. The zero-order valence-electron chi connectivity index (χ0n) is 13.8. The minimum absolute atomic E-state index is 0.133. The van der Waals surface area contributed by atoms with Gasteiger partial charge in [-0.25, -0.2) is 9.97 Å². The third-order valence-electron chi connectivity index (χ3n) is 4.55. The molecular formula is C18H19N3O2S. The van der Waals surface area contributed by atoms with Gasteiger partial charge in [-0.15, -0.1) is 11.3 Å². The van der Waals surface area contributed by atoms with Crippen LogP contribution in [-0.2, 0) is 0 Å². The van der Waals surface area contributed by atoms with E-state index in [-0.39, 0.29) is 5.91 Å². The average Bonchev–Trinajstić information content (AvgIpc) is 3.23. The number of thiophene rings is 1. The highest BCUT2D eigenvalue weighted by Crippen LogP contribution is 2.34. The summed E-state index contributed by atoms with van der Waals surface area (Å²) < 4.78 is 5.41. The summed E-state index contributed by atoms with van der Waals surface area (Å²) in [7, 11) is 0. The second kappa shape index (κ2) is 6.02. The van der Waals surface area contributed by atoms with E-state index in [0.29, 0.717) is 11.6 Å². The molecule has 124 valence electrons. The van der Waals surface area contributed by atoms with E-state index in [2.05, 4.69) is 9.97 Å². The lowest BCUT2D eigenvalue weighted by Crippen LogP contribution is -2.35. The van der Waals surface area contributed by atoms with Crippen molar-refractivity contribution in [2.75, 3.05) is 13.1 Å². The van der Waals surface area contributed by atoms with Crippen LogP contribution >= 0.6 is 11.3 Å². The maximum Gasteiger partial charge on any atom is 0.264 e. The molecule has 5 nitrogen and oxygen atoms in total.